The number of nitrogens with one attached hydrogen (secondary N) is 1. The first-order valence-corrected chi connectivity index (χ1v) is 5.48. The van der Waals surface area contributed by atoms with E-state index in [9.17, 15) is 5.11 Å². The van der Waals surface area contributed by atoms with E-state index >= 15 is 0 Å². The van der Waals surface area contributed by atoms with E-state index in [0.717, 1.165) is 6.42 Å². The lowest BCUT2D eigenvalue weighted by Gasteiger charge is -2.27. The second-order valence-corrected chi connectivity index (χ2v) is 3.85. The number of rotatable bonds is 6. The van der Waals surface area contributed by atoms with Crippen molar-refractivity contribution in [1.82, 2.24) is 9.97 Å². The van der Waals surface area contributed by atoms with Gasteiger partial charge in [0.1, 0.15) is 0 Å². The number of aliphatic hydroxyl groups is 1. The molecule has 1 unspecified atom stereocenters. The van der Waals surface area contributed by atoms with Crippen LogP contribution in [0.25, 0.3) is 0 Å². The summed E-state index contributed by atoms with van der Waals surface area (Å²) in [7, 11) is 0. The Morgan fingerprint density at radius 1 is 1.50 bits per heavy atom. The van der Waals surface area contributed by atoms with Crippen LogP contribution in [0.1, 0.15) is 27.2 Å². The zero-order valence-corrected chi connectivity index (χ0v) is 10.0. The molecule has 0 aliphatic carbocycles. The molecule has 1 atom stereocenters. The van der Waals surface area contributed by atoms with Crippen LogP contribution >= 0.6 is 0 Å². The van der Waals surface area contributed by atoms with Crippen molar-refractivity contribution in [3.8, 4) is 5.88 Å². The molecule has 0 saturated carbocycles. The molecule has 0 aliphatic rings. The van der Waals surface area contributed by atoms with Crippen LogP contribution in [0, 0.1) is 0 Å². The number of aliphatic hydroxyl groups excluding tert-OH is 1. The standard InChI is InChI=1S/C11H19N3O2/c1-4-11(3,8-15)14-10-12-7-6-9(13-10)16-5-2/h6-7,15H,4-5,8H2,1-3H3,(H,12,13,14). The van der Waals surface area contributed by atoms with Crippen molar-refractivity contribution < 1.29 is 9.84 Å². The molecule has 5 heteroatoms. The number of aromatic nitrogens is 2. The third-order valence-corrected chi connectivity index (χ3v) is 2.47. The summed E-state index contributed by atoms with van der Waals surface area (Å²) in [6.07, 6.45) is 2.42. The van der Waals surface area contributed by atoms with Gasteiger partial charge in [0.25, 0.3) is 0 Å². The van der Waals surface area contributed by atoms with E-state index in [1.54, 1.807) is 12.3 Å². The van der Waals surface area contributed by atoms with Gasteiger partial charge in [-0.15, -0.1) is 0 Å². The maximum atomic E-state index is 9.27. The maximum absolute atomic E-state index is 9.27. The lowest BCUT2D eigenvalue weighted by molar-refractivity contribution is 0.218. The van der Waals surface area contributed by atoms with E-state index in [-0.39, 0.29) is 6.61 Å². The molecule has 0 spiro atoms. The molecule has 0 amide bonds. The van der Waals surface area contributed by atoms with Crippen molar-refractivity contribution in [2.45, 2.75) is 32.7 Å². The molecule has 0 saturated heterocycles. The van der Waals surface area contributed by atoms with Gasteiger partial charge in [-0.05, 0) is 20.3 Å². The first-order valence-electron chi connectivity index (χ1n) is 5.48. The van der Waals surface area contributed by atoms with Gasteiger partial charge in [0.2, 0.25) is 11.8 Å². The summed E-state index contributed by atoms with van der Waals surface area (Å²) in [5, 5.41) is 12.4. The maximum Gasteiger partial charge on any atom is 0.226 e. The monoisotopic (exact) mass is 225 g/mol. The first-order chi connectivity index (χ1) is 7.63. The molecule has 5 nitrogen and oxygen atoms in total. The Bertz CT molecular complexity index is 327. The predicted octanol–water partition coefficient (Wildman–Crippen LogP) is 1.45. The van der Waals surface area contributed by atoms with Gasteiger partial charge in [-0.3, -0.25) is 0 Å². The van der Waals surface area contributed by atoms with E-state index in [1.807, 2.05) is 20.8 Å². The zero-order chi connectivity index (χ0) is 12.0. The molecule has 0 aromatic carbocycles. The summed E-state index contributed by atoms with van der Waals surface area (Å²) in [5.74, 6) is 1.01. The minimum atomic E-state index is -0.398. The third kappa shape index (κ3) is 3.34. The SMILES string of the molecule is CCOc1ccnc(NC(C)(CC)CO)n1. The summed E-state index contributed by atoms with van der Waals surface area (Å²) >= 11 is 0. The van der Waals surface area contributed by atoms with E-state index in [0.29, 0.717) is 18.4 Å². The molecule has 0 aliphatic heterocycles. The molecule has 0 radical (unpaired) electrons. The van der Waals surface area contributed by atoms with Crippen molar-refractivity contribution in [1.29, 1.82) is 0 Å². The number of anilines is 1. The average molecular weight is 225 g/mol. The van der Waals surface area contributed by atoms with Crippen LogP contribution in [-0.2, 0) is 0 Å². The van der Waals surface area contributed by atoms with Crippen molar-refractivity contribution >= 4 is 5.95 Å². The van der Waals surface area contributed by atoms with Gasteiger partial charge in [0.15, 0.2) is 0 Å². The van der Waals surface area contributed by atoms with E-state index in [4.69, 9.17) is 4.74 Å². The number of nitrogens with zero attached hydrogens (tertiary/aromatic N) is 2. The minimum absolute atomic E-state index is 0.0335. The fourth-order valence-electron chi connectivity index (χ4n) is 1.14. The highest BCUT2D eigenvalue weighted by atomic mass is 16.5. The van der Waals surface area contributed by atoms with E-state index < -0.39 is 5.54 Å². The van der Waals surface area contributed by atoms with Crippen LogP contribution < -0.4 is 10.1 Å². The lowest BCUT2D eigenvalue weighted by atomic mass is 10.0. The predicted molar refractivity (Wildman–Crippen MR) is 62.6 cm³/mol. The molecule has 1 aromatic heterocycles. The second kappa shape index (κ2) is 5.65. The molecular weight excluding hydrogens is 206 g/mol. The molecule has 1 heterocycles. The van der Waals surface area contributed by atoms with Crippen molar-refractivity contribution in [3.05, 3.63) is 12.3 Å². The van der Waals surface area contributed by atoms with Crippen LogP contribution in [0.4, 0.5) is 5.95 Å². The Kier molecular flexibility index (Phi) is 4.49. The van der Waals surface area contributed by atoms with Crippen molar-refractivity contribution in [3.63, 3.8) is 0 Å². The Hall–Kier alpha value is -1.36. The molecule has 16 heavy (non-hydrogen) atoms. The Balaban J connectivity index is 2.76. The average Bonchev–Trinajstić information content (AvgIpc) is 2.30. The molecule has 1 aromatic rings. The van der Waals surface area contributed by atoms with Crippen LogP contribution in [0.3, 0.4) is 0 Å². The van der Waals surface area contributed by atoms with Gasteiger partial charge in [-0.2, -0.15) is 4.98 Å². The van der Waals surface area contributed by atoms with Crippen molar-refractivity contribution in [2.24, 2.45) is 0 Å². The van der Waals surface area contributed by atoms with Gasteiger partial charge >= 0.3 is 0 Å². The normalized spacial score (nSPS) is 14.2. The number of hydrogen-bond donors (Lipinski definition) is 2. The molecular formula is C11H19N3O2. The summed E-state index contributed by atoms with van der Waals surface area (Å²) in [5.41, 5.74) is -0.398. The molecule has 2 N–H and O–H groups in total. The molecule has 90 valence electrons. The third-order valence-electron chi connectivity index (χ3n) is 2.47. The second-order valence-electron chi connectivity index (χ2n) is 3.85. The molecule has 0 bridgehead atoms. The quantitative estimate of drug-likeness (QED) is 0.767. The van der Waals surface area contributed by atoms with Gasteiger partial charge in [-0.1, -0.05) is 6.92 Å². The largest absolute Gasteiger partial charge is 0.478 e. The zero-order valence-electron chi connectivity index (χ0n) is 10.0. The minimum Gasteiger partial charge on any atom is -0.478 e. The highest BCUT2D eigenvalue weighted by Gasteiger charge is 2.21. The smallest absolute Gasteiger partial charge is 0.226 e. The molecule has 1 rings (SSSR count). The summed E-state index contributed by atoms with van der Waals surface area (Å²) in [4.78, 5) is 8.28. The fraction of sp³-hybridized carbons (Fsp3) is 0.636. The van der Waals surface area contributed by atoms with Gasteiger partial charge in [0.05, 0.1) is 18.8 Å². The van der Waals surface area contributed by atoms with Gasteiger partial charge < -0.3 is 15.2 Å². The van der Waals surface area contributed by atoms with Crippen LogP contribution in [0.5, 0.6) is 5.88 Å². The Morgan fingerprint density at radius 2 is 2.25 bits per heavy atom. The Labute approximate surface area is 95.9 Å². The Morgan fingerprint density at radius 3 is 2.81 bits per heavy atom. The summed E-state index contributed by atoms with van der Waals surface area (Å²) in [6, 6.07) is 1.71. The fourth-order valence-corrected chi connectivity index (χ4v) is 1.14. The van der Waals surface area contributed by atoms with Crippen LogP contribution in [-0.4, -0.2) is 33.8 Å². The van der Waals surface area contributed by atoms with Crippen molar-refractivity contribution in [2.75, 3.05) is 18.5 Å². The molecule has 0 fully saturated rings. The van der Waals surface area contributed by atoms with E-state index in [2.05, 4.69) is 15.3 Å². The van der Waals surface area contributed by atoms with Crippen LogP contribution in [0.15, 0.2) is 12.3 Å². The number of hydrogen-bond acceptors (Lipinski definition) is 5. The number of ether oxygens (including phenoxy) is 1. The lowest BCUT2D eigenvalue weighted by Crippen LogP contribution is -2.38. The first kappa shape index (κ1) is 12.7. The summed E-state index contributed by atoms with van der Waals surface area (Å²) < 4.78 is 5.27. The van der Waals surface area contributed by atoms with E-state index in [1.165, 1.54) is 0 Å². The topological polar surface area (TPSA) is 67.3 Å². The van der Waals surface area contributed by atoms with Gasteiger partial charge in [-0.25, -0.2) is 4.98 Å². The summed E-state index contributed by atoms with van der Waals surface area (Å²) in [6.45, 7) is 6.42. The van der Waals surface area contributed by atoms with Gasteiger partial charge in [0, 0.05) is 12.3 Å². The highest BCUT2D eigenvalue weighted by molar-refractivity contribution is 5.31. The highest BCUT2D eigenvalue weighted by Crippen LogP contribution is 2.16. The van der Waals surface area contributed by atoms with Crippen LogP contribution in [0.2, 0.25) is 0 Å².